The Balaban J connectivity index is 0.000000234. The van der Waals surface area contributed by atoms with Crippen LogP contribution in [0.2, 0.25) is 0 Å². The number of fused-ring (bicyclic) bond motifs is 3. The maximum absolute atomic E-state index is 3.34. The predicted molar refractivity (Wildman–Crippen MR) is 132 cm³/mol. The van der Waals surface area contributed by atoms with E-state index in [-0.39, 0.29) is 7.43 Å². The summed E-state index contributed by atoms with van der Waals surface area (Å²) in [6.07, 6.45) is 6.57. The van der Waals surface area contributed by atoms with Crippen LogP contribution in [0.3, 0.4) is 0 Å². The maximum Gasteiger partial charge on any atom is -0.0253 e. The van der Waals surface area contributed by atoms with Gasteiger partial charge in [0.15, 0.2) is 0 Å². The molecule has 0 radical (unpaired) electrons. The van der Waals surface area contributed by atoms with E-state index in [2.05, 4.69) is 92.6 Å². The molecule has 2 aliphatic carbocycles. The summed E-state index contributed by atoms with van der Waals surface area (Å²) in [5, 5.41) is 0. The molecule has 0 saturated carbocycles. The molecule has 31 heavy (non-hydrogen) atoms. The van der Waals surface area contributed by atoms with Crippen LogP contribution in [-0.4, -0.2) is 4.21 Å². The van der Waals surface area contributed by atoms with Crippen molar-refractivity contribution >= 4 is 4.21 Å². The molecule has 0 amide bonds. The molecule has 160 valence electrons. The molecule has 3 aromatic rings. The van der Waals surface area contributed by atoms with Crippen molar-refractivity contribution in [3.8, 4) is 11.1 Å². The third-order valence-electron chi connectivity index (χ3n) is 5.04. The van der Waals surface area contributed by atoms with Crippen molar-refractivity contribution in [2.24, 2.45) is 5.92 Å². The molecule has 1 heteroatoms. The van der Waals surface area contributed by atoms with E-state index in [0.29, 0.717) is 5.92 Å². The van der Waals surface area contributed by atoms with Gasteiger partial charge >= 0.3 is 28.4 Å². The fraction of sp³-hybridized carbons (Fsp3) is 0.200. The Morgan fingerprint density at radius 3 is 2.03 bits per heavy atom. The Kier molecular flexibility index (Phi) is 12.2. The molecule has 0 aromatic heterocycles. The third kappa shape index (κ3) is 8.15. The van der Waals surface area contributed by atoms with Gasteiger partial charge < -0.3 is 7.43 Å². The van der Waals surface area contributed by atoms with Gasteiger partial charge in [-0.2, -0.15) is 71.8 Å². The second kappa shape index (κ2) is 14.0. The minimum atomic E-state index is 0. The van der Waals surface area contributed by atoms with Crippen molar-refractivity contribution in [1.29, 1.82) is 0 Å². The maximum atomic E-state index is 3.34. The molecular formula is C30H32Zr-4. The van der Waals surface area contributed by atoms with Gasteiger partial charge in [-0.05, 0) is 6.42 Å². The first kappa shape index (κ1) is 26.9. The van der Waals surface area contributed by atoms with E-state index in [1.807, 2.05) is 30.3 Å². The zero-order valence-corrected chi connectivity index (χ0v) is 21.9. The first-order valence-electron chi connectivity index (χ1n) is 10.2. The first-order chi connectivity index (χ1) is 14.5. The molecule has 0 spiro atoms. The molecule has 0 N–H and O–H groups in total. The van der Waals surface area contributed by atoms with E-state index in [9.17, 15) is 0 Å². The molecule has 0 bridgehead atoms. The molecule has 3 aromatic carbocycles. The predicted octanol–water partition coefficient (Wildman–Crippen LogP) is 7.60. The Morgan fingerprint density at radius 2 is 1.52 bits per heavy atom. The van der Waals surface area contributed by atoms with Crippen molar-refractivity contribution in [3.05, 3.63) is 126 Å². The minimum Gasteiger partial charge on any atom is -0.358 e. The minimum absolute atomic E-state index is 0. The van der Waals surface area contributed by atoms with Crippen molar-refractivity contribution < 1.29 is 24.2 Å². The summed E-state index contributed by atoms with van der Waals surface area (Å²) in [6, 6.07) is 28.9. The quantitative estimate of drug-likeness (QED) is 0.226. The smallest absolute Gasteiger partial charge is 0.0253 e. The monoisotopic (exact) mass is 482 g/mol. The van der Waals surface area contributed by atoms with E-state index in [1.54, 1.807) is 0 Å². The SMILES string of the molecule is CC1=[C-]C(C)C=C1C.Cc1cc[c-]cc1.[CH2]=[Zr].[CH3-].[c-]1cccc2c1Cc1ccccc1-2. The Labute approximate surface area is 205 Å². The van der Waals surface area contributed by atoms with Crippen LogP contribution in [-0.2, 0) is 30.7 Å². The van der Waals surface area contributed by atoms with Gasteiger partial charge in [0, 0.05) is 0 Å². The van der Waals surface area contributed by atoms with Crippen LogP contribution < -0.4 is 0 Å². The summed E-state index contributed by atoms with van der Waals surface area (Å²) in [5.41, 5.74) is 9.50. The zero-order valence-electron chi connectivity index (χ0n) is 19.4. The second-order valence-corrected chi connectivity index (χ2v) is 7.38. The van der Waals surface area contributed by atoms with E-state index in [4.69, 9.17) is 0 Å². The summed E-state index contributed by atoms with van der Waals surface area (Å²) in [6.45, 7) is 8.45. The average Bonchev–Trinajstić information content (AvgIpc) is 3.29. The van der Waals surface area contributed by atoms with Crippen LogP contribution in [0.4, 0.5) is 0 Å². The van der Waals surface area contributed by atoms with Gasteiger partial charge in [0.25, 0.3) is 0 Å². The number of benzene rings is 3. The van der Waals surface area contributed by atoms with E-state index in [1.165, 1.54) is 63.2 Å². The molecule has 1 unspecified atom stereocenters. The van der Waals surface area contributed by atoms with Crippen molar-refractivity contribution in [1.82, 2.24) is 0 Å². The molecule has 2 aliphatic rings. The summed E-state index contributed by atoms with van der Waals surface area (Å²) in [7, 11) is 0. The number of hydrogen-bond acceptors (Lipinski definition) is 0. The molecule has 0 fully saturated rings. The van der Waals surface area contributed by atoms with E-state index in [0.717, 1.165) is 6.42 Å². The Bertz CT molecular complexity index is 934. The topological polar surface area (TPSA) is 0 Å². The molecule has 0 aliphatic heterocycles. The number of hydrogen-bond donors (Lipinski definition) is 0. The van der Waals surface area contributed by atoms with Gasteiger partial charge in [0.05, 0.1) is 0 Å². The molecule has 0 nitrogen and oxygen atoms in total. The fourth-order valence-corrected chi connectivity index (χ4v) is 3.46. The summed E-state index contributed by atoms with van der Waals surface area (Å²) in [4.78, 5) is 0. The Morgan fingerprint density at radius 1 is 0.871 bits per heavy atom. The third-order valence-corrected chi connectivity index (χ3v) is 5.04. The van der Waals surface area contributed by atoms with E-state index >= 15 is 0 Å². The largest absolute Gasteiger partial charge is 0.358 e. The standard InChI is InChI=1S/C13H9.C8H11.C7H7.CH3.CH2.Zr/c1-3-7-12-10(5-1)9-11-6-2-4-8-13(11)12;1-6-4-7(2)8(3)5-6;1-7-5-3-2-4-6-7;;;/h1-5,7-8H,9H2;4,6H,1-3H3;3-6H,1H3;1H3;1H2;/q4*-1;;. The molecule has 1 atom stereocenters. The number of allylic oxidation sites excluding steroid dienone is 4. The van der Waals surface area contributed by atoms with Crippen LogP contribution in [0, 0.1) is 38.5 Å². The van der Waals surface area contributed by atoms with Gasteiger partial charge in [-0.3, -0.25) is 6.08 Å². The second-order valence-electron chi connectivity index (χ2n) is 7.38. The summed E-state index contributed by atoms with van der Waals surface area (Å²) >= 11 is 1.30. The number of rotatable bonds is 0. The van der Waals surface area contributed by atoms with Crippen LogP contribution in [0.15, 0.2) is 84.0 Å². The molecule has 0 saturated heterocycles. The van der Waals surface area contributed by atoms with E-state index < -0.39 is 0 Å². The molecular weight excluding hydrogens is 452 g/mol. The van der Waals surface area contributed by atoms with Crippen molar-refractivity contribution in [2.75, 3.05) is 0 Å². The van der Waals surface area contributed by atoms with Gasteiger partial charge in [0.2, 0.25) is 0 Å². The zero-order chi connectivity index (χ0) is 21.9. The van der Waals surface area contributed by atoms with Gasteiger partial charge in [-0.25, -0.2) is 11.1 Å². The Hall–Kier alpha value is -2.11. The number of aryl methyl sites for hydroxylation is 1. The van der Waals surface area contributed by atoms with Crippen LogP contribution in [0.5, 0.6) is 0 Å². The fourth-order valence-electron chi connectivity index (χ4n) is 3.46. The van der Waals surface area contributed by atoms with Gasteiger partial charge in [0.1, 0.15) is 0 Å². The molecule has 5 rings (SSSR count). The van der Waals surface area contributed by atoms with Crippen molar-refractivity contribution in [3.63, 3.8) is 0 Å². The normalized spacial score (nSPS) is 14.4. The van der Waals surface area contributed by atoms with Crippen LogP contribution >= 0.6 is 0 Å². The first-order valence-corrected chi connectivity index (χ1v) is 11.9. The summed E-state index contributed by atoms with van der Waals surface area (Å²) < 4.78 is 3.34. The average molecular weight is 484 g/mol. The van der Waals surface area contributed by atoms with Crippen LogP contribution in [0.1, 0.15) is 37.5 Å². The van der Waals surface area contributed by atoms with Crippen molar-refractivity contribution in [2.45, 2.75) is 34.1 Å². The van der Waals surface area contributed by atoms with Gasteiger partial charge in [-0.15, -0.1) is 12.5 Å². The molecule has 0 heterocycles. The summed E-state index contributed by atoms with van der Waals surface area (Å²) in [5.74, 6) is 0.551. The van der Waals surface area contributed by atoms with Gasteiger partial charge in [-0.1, -0.05) is 62.1 Å². The van der Waals surface area contributed by atoms with Crippen LogP contribution in [0.25, 0.3) is 11.1 Å².